The van der Waals surface area contributed by atoms with Gasteiger partial charge >= 0.3 is 5.97 Å². The van der Waals surface area contributed by atoms with Crippen LogP contribution in [0.4, 0.5) is 5.95 Å². The number of anilines is 1. The maximum atomic E-state index is 12.1. The third-order valence-corrected chi connectivity index (χ3v) is 4.87. The van der Waals surface area contributed by atoms with Crippen LogP contribution in [0.5, 0.6) is 0 Å². The number of esters is 1. The number of aliphatic hydroxyl groups is 1. The van der Waals surface area contributed by atoms with Gasteiger partial charge in [-0.25, -0.2) is 4.98 Å². The van der Waals surface area contributed by atoms with Crippen LogP contribution in [-0.2, 0) is 19.1 Å². The highest BCUT2D eigenvalue weighted by Crippen LogP contribution is 2.35. The van der Waals surface area contributed by atoms with Gasteiger partial charge in [-0.15, -0.1) is 0 Å². The Kier molecular flexibility index (Phi) is 5.07. The standard InChI is InChI=1S/C14H16BrN5O6/c1-5(21)17-14-18-11-9(12(24)19-14)16-4-20(11)13-10(23)8(15)7(26-13)3-25-6(2)22/h4,7-8,10,13,23H,3H2,1-2H3,(H2,17,18,19,21,24)/t7-,8-,10-,13-/m1/s1. The summed E-state index contributed by atoms with van der Waals surface area (Å²) in [4.78, 5) is 44.3. The van der Waals surface area contributed by atoms with Gasteiger partial charge in [-0.2, -0.15) is 4.98 Å². The first-order chi connectivity index (χ1) is 12.3. The lowest BCUT2D eigenvalue weighted by Crippen LogP contribution is -2.29. The summed E-state index contributed by atoms with van der Waals surface area (Å²) in [6, 6.07) is 0. The number of aromatic nitrogens is 4. The third kappa shape index (κ3) is 3.48. The van der Waals surface area contributed by atoms with Crippen LogP contribution in [0.1, 0.15) is 20.1 Å². The van der Waals surface area contributed by atoms with Crippen molar-refractivity contribution in [2.24, 2.45) is 0 Å². The van der Waals surface area contributed by atoms with Crippen LogP contribution >= 0.6 is 15.9 Å². The minimum Gasteiger partial charge on any atom is -0.463 e. The van der Waals surface area contributed by atoms with Gasteiger partial charge in [0.05, 0.1) is 11.2 Å². The molecule has 1 aliphatic rings. The molecule has 1 saturated heterocycles. The van der Waals surface area contributed by atoms with Gasteiger partial charge < -0.3 is 14.6 Å². The maximum Gasteiger partial charge on any atom is 0.302 e. The van der Waals surface area contributed by atoms with Gasteiger partial charge in [0.25, 0.3) is 5.56 Å². The Morgan fingerprint density at radius 2 is 2.23 bits per heavy atom. The minimum absolute atomic E-state index is 0.0319. The lowest BCUT2D eigenvalue weighted by atomic mass is 10.2. The fourth-order valence-electron chi connectivity index (χ4n) is 2.61. The van der Waals surface area contributed by atoms with Gasteiger partial charge in [0.2, 0.25) is 11.9 Å². The van der Waals surface area contributed by atoms with E-state index in [4.69, 9.17) is 9.47 Å². The second kappa shape index (κ2) is 7.13. The molecule has 1 amide bonds. The van der Waals surface area contributed by atoms with E-state index >= 15 is 0 Å². The lowest BCUT2D eigenvalue weighted by molar-refractivity contribution is -0.145. The van der Waals surface area contributed by atoms with E-state index in [0.717, 1.165) is 0 Å². The highest BCUT2D eigenvalue weighted by molar-refractivity contribution is 9.09. The van der Waals surface area contributed by atoms with Crippen molar-refractivity contribution in [2.75, 3.05) is 11.9 Å². The van der Waals surface area contributed by atoms with Crippen molar-refractivity contribution in [1.29, 1.82) is 0 Å². The van der Waals surface area contributed by atoms with E-state index in [1.54, 1.807) is 0 Å². The molecule has 1 aliphatic heterocycles. The first-order valence-corrected chi connectivity index (χ1v) is 8.55. The summed E-state index contributed by atoms with van der Waals surface area (Å²) in [5.41, 5.74) is -0.379. The third-order valence-electron chi connectivity index (χ3n) is 3.74. The van der Waals surface area contributed by atoms with E-state index in [2.05, 4.69) is 36.2 Å². The molecule has 4 atom stereocenters. The molecule has 11 nitrogen and oxygen atoms in total. The molecule has 0 spiro atoms. The Morgan fingerprint density at radius 3 is 2.88 bits per heavy atom. The topological polar surface area (TPSA) is 148 Å². The molecule has 0 saturated carbocycles. The zero-order valence-corrected chi connectivity index (χ0v) is 15.4. The number of nitrogens with one attached hydrogen (secondary N) is 2. The number of aromatic amines is 1. The van der Waals surface area contributed by atoms with E-state index < -0.39 is 40.7 Å². The molecule has 2 aromatic rings. The van der Waals surface area contributed by atoms with Crippen LogP contribution in [0, 0.1) is 0 Å². The first kappa shape index (κ1) is 18.5. The molecule has 0 aromatic carbocycles. The van der Waals surface area contributed by atoms with Gasteiger partial charge in [0.1, 0.15) is 18.8 Å². The molecule has 3 rings (SSSR count). The van der Waals surface area contributed by atoms with Crippen LogP contribution in [0.2, 0.25) is 0 Å². The largest absolute Gasteiger partial charge is 0.463 e. The van der Waals surface area contributed by atoms with Gasteiger partial charge in [0, 0.05) is 13.8 Å². The van der Waals surface area contributed by atoms with Gasteiger partial charge in [-0.1, -0.05) is 15.9 Å². The number of carbonyl (C=O) groups is 2. The number of aliphatic hydroxyl groups excluding tert-OH is 1. The summed E-state index contributed by atoms with van der Waals surface area (Å²) in [5, 5.41) is 12.9. The number of fused-ring (bicyclic) bond motifs is 1. The summed E-state index contributed by atoms with van der Waals surface area (Å²) in [6.45, 7) is 2.51. The fourth-order valence-corrected chi connectivity index (χ4v) is 3.15. The zero-order chi connectivity index (χ0) is 19.0. The van der Waals surface area contributed by atoms with E-state index in [0.29, 0.717) is 0 Å². The first-order valence-electron chi connectivity index (χ1n) is 7.63. The minimum atomic E-state index is -1.02. The number of nitrogens with zero attached hydrogens (tertiary/aromatic N) is 3. The Morgan fingerprint density at radius 1 is 1.50 bits per heavy atom. The van der Waals surface area contributed by atoms with Gasteiger partial charge in [0.15, 0.2) is 17.4 Å². The van der Waals surface area contributed by atoms with E-state index in [1.807, 2.05) is 0 Å². The highest BCUT2D eigenvalue weighted by Gasteiger charge is 2.44. The molecule has 0 radical (unpaired) electrons. The zero-order valence-electron chi connectivity index (χ0n) is 13.8. The Hall–Kier alpha value is -2.31. The van der Waals surface area contributed by atoms with Crippen molar-refractivity contribution in [2.45, 2.75) is 37.1 Å². The molecule has 26 heavy (non-hydrogen) atoms. The molecule has 2 aromatic heterocycles. The predicted molar refractivity (Wildman–Crippen MR) is 91.7 cm³/mol. The number of alkyl halides is 1. The molecule has 3 heterocycles. The van der Waals surface area contributed by atoms with Crippen LogP contribution in [0.3, 0.4) is 0 Å². The maximum absolute atomic E-state index is 12.1. The normalized spacial score (nSPS) is 25.4. The van der Waals surface area contributed by atoms with Crippen molar-refractivity contribution in [3.8, 4) is 0 Å². The monoisotopic (exact) mass is 429 g/mol. The van der Waals surface area contributed by atoms with Crippen molar-refractivity contribution in [1.82, 2.24) is 19.5 Å². The van der Waals surface area contributed by atoms with Crippen LogP contribution in [-0.4, -0.2) is 60.1 Å². The quantitative estimate of drug-likeness (QED) is 0.441. The SMILES string of the molecule is CC(=O)Nc1nc2c(ncn2[C@@H]2O[C@H](COC(C)=O)[C@@H](Br)[C@H]2O)c(=O)[nH]1. The van der Waals surface area contributed by atoms with Crippen molar-refractivity contribution < 1.29 is 24.2 Å². The average Bonchev–Trinajstić information content (AvgIpc) is 3.08. The summed E-state index contributed by atoms with van der Waals surface area (Å²) in [7, 11) is 0. The van der Waals surface area contributed by atoms with E-state index in [1.165, 1.54) is 24.7 Å². The lowest BCUT2D eigenvalue weighted by Gasteiger charge is -2.16. The number of carbonyl (C=O) groups excluding carboxylic acids is 2. The highest BCUT2D eigenvalue weighted by atomic mass is 79.9. The molecular weight excluding hydrogens is 414 g/mol. The van der Waals surface area contributed by atoms with Crippen LogP contribution < -0.4 is 10.9 Å². The Bertz CT molecular complexity index is 911. The number of hydrogen-bond acceptors (Lipinski definition) is 8. The molecule has 12 heteroatoms. The predicted octanol–water partition coefficient (Wildman–Crippen LogP) is -0.337. The smallest absolute Gasteiger partial charge is 0.302 e. The Balaban J connectivity index is 1.94. The second-order valence-corrected chi connectivity index (χ2v) is 6.78. The number of H-pyrrole nitrogens is 1. The van der Waals surface area contributed by atoms with E-state index in [-0.39, 0.29) is 23.7 Å². The summed E-state index contributed by atoms with van der Waals surface area (Å²) in [6.07, 6.45) is -1.22. The van der Waals surface area contributed by atoms with Crippen LogP contribution in [0.15, 0.2) is 11.1 Å². The molecule has 0 aliphatic carbocycles. The number of imidazole rings is 1. The van der Waals surface area contributed by atoms with E-state index in [9.17, 15) is 19.5 Å². The van der Waals surface area contributed by atoms with Crippen molar-refractivity contribution in [3.63, 3.8) is 0 Å². The number of amides is 1. The molecule has 3 N–H and O–H groups in total. The van der Waals surface area contributed by atoms with Crippen LogP contribution in [0.25, 0.3) is 11.2 Å². The molecule has 1 fully saturated rings. The number of hydrogen-bond donors (Lipinski definition) is 3. The summed E-state index contributed by atoms with van der Waals surface area (Å²) >= 11 is 3.33. The second-order valence-electron chi connectivity index (χ2n) is 5.72. The number of rotatable bonds is 4. The van der Waals surface area contributed by atoms with Crippen molar-refractivity contribution >= 4 is 44.9 Å². The Labute approximate surface area is 154 Å². The molecule has 0 bridgehead atoms. The van der Waals surface area contributed by atoms with Crippen molar-refractivity contribution in [3.05, 3.63) is 16.7 Å². The fraction of sp³-hybridized carbons (Fsp3) is 0.500. The van der Waals surface area contributed by atoms with Gasteiger partial charge in [-0.3, -0.25) is 29.3 Å². The number of ether oxygens (including phenoxy) is 2. The molecular formula is C14H16BrN5O6. The summed E-state index contributed by atoms with van der Waals surface area (Å²) in [5.74, 6) is -0.916. The average molecular weight is 430 g/mol. The molecule has 0 unspecified atom stereocenters. The number of halogens is 1. The summed E-state index contributed by atoms with van der Waals surface area (Å²) < 4.78 is 12.1. The van der Waals surface area contributed by atoms with Gasteiger partial charge in [-0.05, 0) is 0 Å². The molecule has 140 valence electrons.